The Bertz CT molecular complexity index is 1040. The SMILES string of the molecule is Cc1cc(F)ccc1[C@H]1[C@H](CN)CCN1C(=O)NC[C@H](C)c1cc(C(F)(F)F)cc(C(F)(F)F)c1. The van der Waals surface area contributed by atoms with Crippen LogP contribution >= 0.6 is 0 Å². The van der Waals surface area contributed by atoms with Crippen LogP contribution in [0.25, 0.3) is 0 Å². The maximum absolute atomic E-state index is 13.6. The number of carbonyl (C=O) groups excluding carboxylic acids is 1. The van der Waals surface area contributed by atoms with Crippen LogP contribution in [-0.4, -0.2) is 30.6 Å². The van der Waals surface area contributed by atoms with Gasteiger partial charge < -0.3 is 16.0 Å². The van der Waals surface area contributed by atoms with Crippen LogP contribution in [0, 0.1) is 18.7 Å². The number of nitrogens with zero attached hydrogens (tertiary/aromatic N) is 1. The van der Waals surface area contributed by atoms with Crippen molar-refractivity contribution in [2.75, 3.05) is 19.6 Å². The van der Waals surface area contributed by atoms with E-state index in [1.54, 1.807) is 13.0 Å². The molecule has 2 aromatic rings. The molecule has 0 saturated carbocycles. The summed E-state index contributed by atoms with van der Waals surface area (Å²) in [6, 6.07) is 4.68. The van der Waals surface area contributed by atoms with Gasteiger partial charge in [-0.15, -0.1) is 0 Å². The summed E-state index contributed by atoms with van der Waals surface area (Å²) >= 11 is 0. The highest BCUT2D eigenvalue weighted by Gasteiger charge is 2.39. The molecule has 0 unspecified atom stereocenters. The molecule has 2 amide bonds. The van der Waals surface area contributed by atoms with Crippen molar-refractivity contribution < 1.29 is 35.5 Å². The van der Waals surface area contributed by atoms with E-state index in [1.165, 1.54) is 24.0 Å². The van der Waals surface area contributed by atoms with E-state index in [2.05, 4.69) is 5.32 Å². The Labute approximate surface area is 198 Å². The molecular formula is C24H26F7N3O. The zero-order chi connectivity index (χ0) is 26.1. The van der Waals surface area contributed by atoms with Crippen LogP contribution in [-0.2, 0) is 12.4 Å². The van der Waals surface area contributed by atoms with Gasteiger partial charge in [0, 0.05) is 13.1 Å². The molecule has 0 aliphatic carbocycles. The first-order valence-electron chi connectivity index (χ1n) is 11.0. The molecule has 1 heterocycles. The number of urea groups is 1. The predicted octanol–water partition coefficient (Wildman–Crippen LogP) is 6.01. The summed E-state index contributed by atoms with van der Waals surface area (Å²) < 4.78 is 92.6. The average Bonchev–Trinajstić information content (AvgIpc) is 3.19. The first-order chi connectivity index (χ1) is 16.2. The Hall–Kier alpha value is -2.82. The van der Waals surface area contributed by atoms with E-state index in [1.807, 2.05) is 0 Å². The van der Waals surface area contributed by atoms with Crippen LogP contribution in [0.5, 0.6) is 0 Å². The number of carbonyl (C=O) groups is 1. The highest BCUT2D eigenvalue weighted by atomic mass is 19.4. The molecule has 1 aliphatic rings. The number of benzene rings is 2. The minimum Gasteiger partial charge on any atom is -0.337 e. The van der Waals surface area contributed by atoms with E-state index >= 15 is 0 Å². The monoisotopic (exact) mass is 505 g/mol. The van der Waals surface area contributed by atoms with Crippen molar-refractivity contribution in [3.63, 3.8) is 0 Å². The number of halogens is 7. The molecule has 3 rings (SSSR count). The number of hydrogen-bond donors (Lipinski definition) is 2. The summed E-state index contributed by atoms with van der Waals surface area (Å²) in [4.78, 5) is 14.5. The number of amides is 2. The van der Waals surface area contributed by atoms with Gasteiger partial charge in [-0.25, -0.2) is 9.18 Å². The fraction of sp³-hybridized carbons (Fsp3) is 0.458. The summed E-state index contributed by atoms with van der Waals surface area (Å²) in [5.74, 6) is -1.33. The van der Waals surface area contributed by atoms with Crippen LogP contribution in [0.15, 0.2) is 36.4 Å². The molecule has 1 saturated heterocycles. The molecule has 0 bridgehead atoms. The first-order valence-corrected chi connectivity index (χ1v) is 11.0. The third-order valence-corrected chi connectivity index (χ3v) is 6.38. The molecule has 11 heteroatoms. The Morgan fingerprint density at radius 2 is 1.69 bits per heavy atom. The Kier molecular flexibility index (Phi) is 7.68. The van der Waals surface area contributed by atoms with Crippen LogP contribution in [0.3, 0.4) is 0 Å². The maximum Gasteiger partial charge on any atom is 0.416 e. The standard InChI is InChI=1S/C24H26F7N3O/c1-13-7-19(25)3-4-20(13)21-15(11-32)5-6-34(21)22(35)33-12-14(2)16-8-17(23(26,27)28)10-18(9-16)24(29,30)31/h3-4,7-10,14-15,21H,5-6,11-12,32H2,1-2H3,(H,33,35)/t14-,15-,21+/m0/s1. The lowest BCUT2D eigenvalue weighted by Crippen LogP contribution is -2.42. The van der Waals surface area contributed by atoms with E-state index in [9.17, 15) is 35.5 Å². The van der Waals surface area contributed by atoms with Gasteiger partial charge in [0.05, 0.1) is 17.2 Å². The van der Waals surface area contributed by atoms with Gasteiger partial charge in [-0.3, -0.25) is 0 Å². The van der Waals surface area contributed by atoms with Crippen LogP contribution in [0.1, 0.15) is 53.1 Å². The van der Waals surface area contributed by atoms with Gasteiger partial charge in [0.25, 0.3) is 0 Å². The lowest BCUT2D eigenvalue weighted by atomic mass is 9.91. The molecular weight excluding hydrogens is 479 g/mol. The summed E-state index contributed by atoms with van der Waals surface area (Å²) in [6.45, 7) is 3.60. The lowest BCUT2D eigenvalue weighted by molar-refractivity contribution is -0.143. The van der Waals surface area contributed by atoms with Crippen LogP contribution < -0.4 is 11.1 Å². The number of likely N-dealkylation sites (tertiary alicyclic amines) is 1. The van der Waals surface area contributed by atoms with Gasteiger partial charge in [-0.2, -0.15) is 26.3 Å². The highest BCUT2D eigenvalue weighted by molar-refractivity contribution is 5.75. The third-order valence-electron chi connectivity index (χ3n) is 6.38. The number of nitrogens with two attached hydrogens (primary N) is 1. The number of nitrogens with one attached hydrogen (secondary N) is 1. The number of aryl methyl sites for hydroxylation is 1. The van der Waals surface area contributed by atoms with Crippen molar-refractivity contribution in [1.29, 1.82) is 0 Å². The quantitative estimate of drug-likeness (QED) is 0.490. The second-order valence-electron chi connectivity index (χ2n) is 8.85. The van der Waals surface area contributed by atoms with E-state index in [-0.39, 0.29) is 30.6 Å². The molecule has 4 nitrogen and oxygen atoms in total. The lowest BCUT2D eigenvalue weighted by Gasteiger charge is -2.30. The van der Waals surface area contributed by atoms with Crippen molar-refractivity contribution in [2.24, 2.45) is 11.7 Å². The van der Waals surface area contributed by atoms with Crippen LogP contribution in [0.4, 0.5) is 35.5 Å². The largest absolute Gasteiger partial charge is 0.416 e. The summed E-state index contributed by atoms with van der Waals surface area (Å²) in [6.07, 6.45) is -9.30. The van der Waals surface area contributed by atoms with Crippen molar-refractivity contribution in [2.45, 2.75) is 44.6 Å². The number of rotatable bonds is 5. The summed E-state index contributed by atoms with van der Waals surface area (Å²) in [5, 5.41) is 2.62. The van der Waals surface area contributed by atoms with Crippen LogP contribution in [0.2, 0.25) is 0 Å². The molecule has 0 spiro atoms. The van der Waals surface area contributed by atoms with Gasteiger partial charge in [0.1, 0.15) is 5.82 Å². The second-order valence-corrected chi connectivity index (χ2v) is 8.85. The molecule has 1 fully saturated rings. The highest BCUT2D eigenvalue weighted by Crippen LogP contribution is 2.39. The molecule has 3 N–H and O–H groups in total. The topological polar surface area (TPSA) is 58.4 Å². The Morgan fingerprint density at radius 3 is 2.20 bits per heavy atom. The van der Waals surface area contributed by atoms with Crippen molar-refractivity contribution in [3.05, 3.63) is 70.0 Å². The van der Waals surface area contributed by atoms with Gasteiger partial charge >= 0.3 is 18.4 Å². The fourth-order valence-corrected chi connectivity index (χ4v) is 4.45. The summed E-state index contributed by atoms with van der Waals surface area (Å²) in [7, 11) is 0. The molecule has 192 valence electrons. The smallest absolute Gasteiger partial charge is 0.337 e. The minimum absolute atomic E-state index is 0.0710. The van der Waals surface area contributed by atoms with E-state index in [4.69, 9.17) is 5.73 Å². The first kappa shape index (κ1) is 26.8. The van der Waals surface area contributed by atoms with Crippen molar-refractivity contribution in [1.82, 2.24) is 10.2 Å². The van der Waals surface area contributed by atoms with E-state index in [0.717, 1.165) is 5.56 Å². The zero-order valence-corrected chi connectivity index (χ0v) is 19.1. The molecule has 2 aromatic carbocycles. The molecule has 0 aromatic heterocycles. The number of hydrogen-bond acceptors (Lipinski definition) is 2. The van der Waals surface area contributed by atoms with Crippen molar-refractivity contribution >= 4 is 6.03 Å². The van der Waals surface area contributed by atoms with Gasteiger partial charge in [-0.05, 0) is 78.7 Å². The number of alkyl halides is 6. The molecule has 3 atom stereocenters. The Balaban J connectivity index is 1.79. The third kappa shape index (κ3) is 6.06. The van der Waals surface area contributed by atoms with Gasteiger partial charge in [0.15, 0.2) is 0 Å². The van der Waals surface area contributed by atoms with E-state index in [0.29, 0.717) is 30.7 Å². The van der Waals surface area contributed by atoms with E-state index < -0.39 is 47.3 Å². The fourth-order valence-electron chi connectivity index (χ4n) is 4.45. The predicted molar refractivity (Wildman–Crippen MR) is 116 cm³/mol. The Morgan fingerprint density at radius 1 is 1.09 bits per heavy atom. The molecule has 35 heavy (non-hydrogen) atoms. The zero-order valence-electron chi connectivity index (χ0n) is 19.1. The molecule has 1 aliphatic heterocycles. The maximum atomic E-state index is 13.6. The van der Waals surface area contributed by atoms with Crippen molar-refractivity contribution in [3.8, 4) is 0 Å². The average molecular weight is 505 g/mol. The second kappa shape index (κ2) is 10.0. The minimum atomic E-state index is -4.95. The normalized spacial score (nSPS) is 19.7. The van der Waals surface area contributed by atoms with Gasteiger partial charge in [-0.1, -0.05) is 13.0 Å². The van der Waals surface area contributed by atoms with Gasteiger partial charge in [0.2, 0.25) is 0 Å². The molecule has 0 radical (unpaired) electrons. The summed E-state index contributed by atoms with van der Waals surface area (Å²) in [5.41, 5.74) is 4.26.